The Morgan fingerprint density at radius 3 is 0.887 bits per heavy atom. The van der Waals surface area contributed by atoms with Crippen molar-refractivity contribution in [3.05, 3.63) is 109 Å². The second-order valence-corrected chi connectivity index (χ2v) is 19.2. The number of carbonyl (C=O) groups is 3. The molecule has 0 aromatic rings. The maximum atomic E-state index is 12.8. The van der Waals surface area contributed by atoms with E-state index in [-0.39, 0.29) is 31.1 Å². The Balaban J connectivity index is 4.09. The standard InChI is InChI=1S/C65H108O6/c1-4-7-10-13-15-17-19-21-23-25-26-27-28-29-30-31-32-33-34-35-36-37-38-40-41-43-45-47-49-52-55-58-64(67)70-61-62(60-69-63(66)57-54-51-12-9-6-3)71-65(68)59-56-53-50-48-46-44-42-39-24-22-20-18-16-14-11-8-5-2/h7,10,15-18,21-24,26-27,29-30,32-33,35-36,62H,4-6,8-9,11-14,19-20,25,28,31,34,37-61H2,1-3H3/b10-7-,17-15-,18-16-,23-21-,24-22-,27-26-,30-29-,33-32-,36-35-. The van der Waals surface area contributed by atoms with Crippen LogP contribution in [0.1, 0.15) is 265 Å². The lowest BCUT2D eigenvalue weighted by atomic mass is 10.1. The second kappa shape index (κ2) is 58.6. The van der Waals surface area contributed by atoms with Gasteiger partial charge in [-0.05, 0) is 109 Å². The first-order valence-corrected chi connectivity index (χ1v) is 29.4. The average Bonchev–Trinajstić information content (AvgIpc) is 3.37. The Bertz CT molecular complexity index is 1460. The lowest BCUT2D eigenvalue weighted by Crippen LogP contribution is -2.30. The zero-order valence-electron chi connectivity index (χ0n) is 46.2. The molecule has 0 saturated heterocycles. The van der Waals surface area contributed by atoms with E-state index in [4.69, 9.17) is 14.2 Å². The van der Waals surface area contributed by atoms with Crippen molar-refractivity contribution in [1.82, 2.24) is 0 Å². The van der Waals surface area contributed by atoms with E-state index in [9.17, 15) is 14.4 Å². The fourth-order valence-corrected chi connectivity index (χ4v) is 7.86. The zero-order chi connectivity index (χ0) is 51.4. The van der Waals surface area contributed by atoms with Crippen LogP contribution in [-0.4, -0.2) is 37.2 Å². The van der Waals surface area contributed by atoms with Gasteiger partial charge in [-0.15, -0.1) is 0 Å². The van der Waals surface area contributed by atoms with Crippen molar-refractivity contribution in [2.75, 3.05) is 13.2 Å². The number of hydrogen-bond donors (Lipinski definition) is 0. The molecule has 0 aromatic heterocycles. The summed E-state index contributed by atoms with van der Waals surface area (Å²) in [7, 11) is 0. The van der Waals surface area contributed by atoms with Crippen LogP contribution in [0.5, 0.6) is 0 Å². The van der Waals surface area contributed by atoms with Crippen LogP contribution >= 0.6 is 0 Å². The number of unbranched alkanes of at least 4 members (excludes halogenated alkanes) is 23. The van der Waals surface area contributed by atoms with Gasteiger partial charge >= 0.3 is 17.9 Å². The average molecular weight is 986 g/mol. The monoisotopic (exact) mass is 985 g/mol. The van der Waals surface area contributed by atoms with Gasteiger partial charge in [-0.1, -0.05) is 246 Å². The van der Waals surface area contributed by atoms with Gasteiger partial charge in [-0.3, -0.25) is 14.4 Å². The third-order valence-electron chi connectivity index (χ3n) is 12.3. The summed E-state index contributed by atoms with van der Waals surface area (Å²) >= 11 is 0. The van der Waals surface area contributed by atoms with Gasteiger partial charge in [0.25, 0.3) is 0 Å². The van der Waals surface area contributed by atoms with E-state index in [0.29, 0.717) is 19.3 Å². The molecule has 0 saturated carbocycles. The van der Waals surface area contributed by atoms with Gasteiger partial charge in [0, 0.05) is 19.3 Å². The summed E-state index contributed by atoms with van der Waals surface area (Å²) < 4.78 is 16.7. The molecule has 404 valence electrons. The molecule has 0 aliphatic rings. The first kappa shape index (κ1) is 67.1. The van der Waals surface area contributed by atoms with Crippen LogP contribution in [0.15, 0.2) is 109 Å². The number of esters is 3. The van der Waals surface area contributed by atoms with Crippen LogP contribution in [0.25, 0.3) is 0 Å². The highest BCUT2D eigenvalue weighted by Gasteiger charge is 2.19. The second-order valence-electron chi connectivity index (χ2n) is 19.2. The molecule has 0 N–H and O–H groups in total. The molecular weight excluding hydrogens is 877 g/mol. The minimum absolute atomic E-state index is 0.0838. The third kappa shape index (κ3) is 56.9. The first-order chi connectivity index (χ1) is 35.0. The Labute approximate surface area is 438 Å². The molecule has 0 amide bonds. The molecule has 0 aliphatic heterocycles. The van der Waals surface area contributed by atoms with Gasteiger partial charge in [0.2, 0.25) is 0 Å². The van der Waals surface area contributed by atoms with Gasteiger partial charge in [0.15, 0.2) is 6.10 Å². The molecule has 1 atom stereocenters. The van der Waals surface area contributed by atoms with Gasteiger partial charge in [-0.2, -0.15) is 0 Å². The van der Waals surface area contributed by atoms with Crippen molar-refractivity contribution < 1.29 is 28.6 Å². The molecule has 0 aromatic carbocycles. The maximum Gasteiger partial charge on any atom is 0.306 e. The number of hydrogen-bond acceptors (Lipinski definition) is 6. The lowest BCUT2D eigenvalue weighted by Gasteiger charge is -2.18. The fourth-order valence-electron chi connectivity index (χ4n) is 7.86. The highest BCUT2D eigenvalue weighted by molar-refractivity contribution is 5.71. The molecular formula is C65H108O6. The Morgan fingerprint density at radius 1 is 0.296 bits per heavy atom. The SMILES string of the molecule is CC/C=C\C/C=C\C/C=C\C/C=C\C/C=C\C/C=C\C/C=C\CCCCCCCCCCCC(=O)OCC(COC(=O)CCCCCCC)OC(=O)CCCCCCCCC/C=C\C/C=C\CCCCC. The summed E-state index contributed by atoms with van der Waals surface area (Å²) in [5, 5.41) is 0. The quantitative estimate of drug-likeness (QED) is 0.0261. The van der Waals surface area contributed by atoms with Crippen molar-refractivity contribution in [2.45, 2.75) is 271 Å². The summed E-state index contributed by atoms with van der Waals surface area (Å²) in [4.78, 5) is 37.8. The van der Waals surface area contributed by atoms with Crippen LogP contribution in [0.4, 0.5) is 0 Å². The number of carbonyl (C=O) groups excluding carboxylic acids is 3. The van der Waals surface area contributed by atoms with Crippen molar-refractivity contribution in [2.24, 2.45) is 0 Å². The van der Waals surface area contributed by atoms with E-state index in [1.807, 2.05) is 0 Å². The van der Waals surface area contributed by atoms with E-state index < -0.39 is 6.10 Å². The molecule has 71 heavy (non-hydrogen) atoms. The van der Waals surface area contributed by atoms with Crippen molar-refractivity contribution in [1.29, 1.82) is 0 Å². The smallest absolute Gasteiger partial charge is 0.306 e. The van der Waals surface area contributed by atoms with Gasteiger partial charge < -0.3 is 14.2 Å². The Hall–Kier alpha value is -3.93. The van der Waals surface area contributed by atoms with Gasteiger partial charge in [-0.25, -0.2) is 0 Å². The van der Waals surface area contributed by atoms with E-state index in [1.54, 1.807) is 0 Å². The largest absolute Gasteiger partial charge is 0.462 e. The summed E-state index contributed by atoms with van der Waals surface area (Å²) in [5.74, 6) is -0.911. The minimum Gasteiger partial charge on any atom is -0.462 e. The molecule has 0 radical (unpaired) electrons. The first-order valence-electron chi connectivity index (χ1n) is 29.4. The zero-order valence-corrected chi connectivity index (χ0v) is 46.2. The van der Waals surface area contributed by atoms with Crippen molar-refractivity contribution in [3.8, 4) is 0 Å². The van der Waals surface area contributed by atoms with E-state index in [2.05, 4.69) is 130 Å². The third-order valence-corrected chi connectivity index (χ3v) is 12.3. The van der Waals surface area contributed by atoms with E-state index >= 15 is 0 Å². The van der Waals surface area contributed by atoms with E-state index in [0.717, 1.165) is 128 Å². The normalized spacial score (nSPS) is 12.9. The highest BCUT2D eigenvalue weighted by atomic mass is 16.6. The molecule has 0 bridgehead atoms. The van der Waals surface area contributed by atoms with Crippen LogP contribution in [0.2, 0.25) is 0 Å². The predicted octanol–water partition coefficient (Wildman–Crippen LogP) is 19.9. The maximum absolute atomic E-state index is 12.8. The number of rotatable bonds is 52. The van der Waals surface area contributed by atoms with Gasteiger partial charge in [0.05, 0.1) is 0 Å². The molecule has 0 heterocycles. The van der Waals surface area contributed by atoms with E-state index in [1.165, 1.54) is 96.3 Å². The molecule has 1 unspecified atom stereocenters. The summed E-state index contributed by atoms with van der Waals surface area (Å²) in [6.45, 7) is 6.40. The highest BCUT2D eigenvalue weighted by Crippen LogP contribution is 2.15. The molecule has 6 nitrogen and oxygen atoms in total. The molecule has 0 spiro atoms. The summed E-state index contributed by atoms with van der Waals surface area (Å²) in [6, 6.07) is 0. The minimum atomic E-state index is -0.782. The fraction of sp³-hybridized carbons (Fsp3) is 0.677. The van der Waals surface area contributed by atoms with Crippen LogP contribution in [0, 0.1) is 0 Å². The van der Waals surface area contributed by atoms with Crippen LogP contribution in [0.3, 0.4) is 0 Å². The summed E-state index contributed by atoms with van der Waals surface area (Å²) in [5.41, 5.74) is 0. The predicted molar refractivity (Wildman–Crippen MR) is 307 cm³/mol. The number of ether oxygens (including phenoxy) is 3. The molecule has 6 heteroatoms. The number of allylic oxidation sites excluding steroid dienone is 18. The summed E-state index contributed by atoms with van der Waals surface area (Å²) in [6.07, 6.45) is 79.8. The topological polar surface area (TPSA) is 78.9 Å². The lowest BCUT2D eigenvalue weighted by molar-refractivity contribution is -0.167. The van der Waals surface area contributed by atoms with Gasteiger partial charge in [0.1, 0.15) is 13.2 Å². The molecule has 0 fully saturated rings. The van der Waals surface area contributed by atoms with Crippen molar-refractivity contribution >= 4 is 17.9 Å². The molecule has 0 rings (SSSR count). The van der Waals surface area contributed by atoms with Crippen LogP contribution < -0.4 is 0 Å². The van der Waals surface area contributed by atoms with Crippen LogP contribution in [-0.2, 0) is 28.6 Å². The Morgan fingerprint density at radius 2 is 0.549 bits per heavy atom. The molecule has 0 aliphatic carbocycles. The Kier molecular flexibility index (Phi) is 55.4. The van der Waals surface area contributed by atoms with Crippen molar-refractivity contribution in [3.63, 3.8) is 0 Å².